The number of nitrogens with zero attached hydrogens (tertiary/aromatic N) is 2. The number of pyridine rings is 1. The van der Waals surface area contributed by atoms with E-state index in [0.29, 0.717) is 40.8 Å². The molecule has 200 valence electrons. The Labute approximate surface area is 239 Å². The lowest BCUT2D eigenvalue weighted by Crippen LogP contribution is -2.50. The van der Waals surface area contributed by atoms with E-state index in [0.717, 1.165) is 22.3 Å². The molecule has 3 aromatic rings. The van der Waals surface area contributed by atoms with Crippen LogP contribution < -0.4 is 10.6 Å². The van der Waals surface area contributed by atoms with Gasteiger partial charge in [0, 0.05) is 26.4 Å². The average Bonchev–Trinajstić information content (AvgIpc) is 3.41. The highest BCUT2D eigenvalue weighted by Crippen LogP contribution is 2.47. The lowest BCUT2D eigenvalue weighted by molar-refractivity contribution is -0.150. The summed E-state index contributed by atoms with van der Waals surface area (Å²) in [7, 11) is 0. The minimum absolute atomic E-state index is 0.0503. The van der Waals surface area contributed by atoms with Gasteiger partial charge in [0.15, 0.2) is 0 Å². The second-order valence-corrected chi connectivity index (χ2v) is 12.5. The van der Waals surface area contributed by atoms with Crippen molar-refractivity contribution in [1.82, 2.24) is 9.88 Å². The maximum absolute atomic E-state index is 13.9. The van der Waals surface area contributed by atoms with Crippen LogP contribution in [0.1, 0.15) is 55.0 Å². The number of carbonyl (C=O) groups excluding carboxylic acids is 3. The quantitative estimate of drug-likeness (QED) is 0.388. The van der Waals surface area contributed by atoms with Crippen molar-refractivity contribution >= 4 is 51.8 Å². The second kappa shape index (κ2) is 9.39. The van der Waals surface area contributed by atoms with Crippen LogP contribution in [0.25, 0.3) is 0 Å². The summed E-state index contributed by atoms with van der Waals surface area (Å²) in [6, 6.07) is 14.1. The van der Waals surface area contributed by atoms with Crippen LogP contribution in [0.3, 0.4) is 0 Å². The fourth-order valence-corrected chi connectivity index (χ4v) is 6.78. The smallest absolute Gasteiger partial charge is 0.244 e. The summed E-state index contributed by atoms with van der Waals surface area (Å²) >= 11 is 1.95. The SMILES string of the molecule is CC1(C)CC[C@@H](c2ccc(F)c(I)c2)N(CC(=O)Nc2ccc3c(c2)C[C@@]2(C3)C(=O)Nc3ncccc32)C1=O. The molecule has 6 rings (SSSR count). The number of rotatable bonds is 4. The van der Waals surface area contributed by atoms with E-state index >= 15 is 0 Å². The molecule has 39 heavy (non-hydrogen) atoms. The third kappa shape index (κ3) is 4.40. The first-order valence-corrected chi connectivity index (χ1v) is 14.1. The molecule has 1 fully saturated rings. The molecule has 3 amide bonds. The number of fused-ring (bicyclic) bond motifs is 3. The van der Waals surface area contributed by atoms with Gasteiger partial charge in [-0.15, -0.1) is 0 Å². The van der Waals surface area contributed by atoms with Crippen molar-refractivity contribution in [3.05, 3.63) is 86.4 Å². The van der Waals surface area contributed by atoms with E-state index in [9.17, 15) is 18.8 Å². The number of nitrogens with one attached hydrogen (secondary N) is 2. The Morgan fingerprint density at radius 1 is 1.15 bits per heavy atom. The maximum Gasteiger partial charge on any atom is 0.244 e. The molecular formula is C30H28FIN4O3. The van der Waals surface area contributed by atoms with E-state index in [1.54, 1.807) is 23.2 Å². The number of piperidine rings is 1. The summed E-state index contributed by atoms with van der Waals surface area (Å²) in [5.74, 6) is -0.138. The largest absolute Gasteiger partial charge is 0.326 e. The van der Waals surface area contributed by atoms with Crippen LogP contribution in [-0.4, -0.2) is 34.2 Å². The zero-order valence-electron chi connectivity index (χ0n) is 21.7. The highest BCUT2D eigenvalue weighted by Gasteiger charge is 2.51. The third-order valence-corrected chi connectivity index (χ3v) is 9.19. The van der Waals surface area contributed by atoms with E-state index in [4.69, 9.17) is 0 Å². The Kier molecular flexibility index (Phi) is 6.24. The zero-order chi connectivity index (χ0) is 27.5. The van der Waals surface area contributed by atoms with Gasteiger partial charge in [0.05, 0.1) is 11.5 Å². The summed E-state index contributed by atoms with van der Waals surface area (Å²) in [6.07, 6.45) is 4.15. The zero-order valence-corrected chi connectivity index (χ0v) is 23.8. The van der Waals surface area contributed by atoms with Crippen molar-refractivity contribution in [3.8, 4) is 0 Å². The number of aromatic nitrogens is 1. The molecule has 1 aromatic heterocycles. The molecule has 9 heteroatoms. The molecule has 0 saturated carbocycles. The van der Waals surface area contributed by atoms with Gasteiger partial charge in [0.1, 0.15) is 18.2 Å². The molecule has 1 aliphatic carbocycles. The summed E-state index contributed by atoms with van der Waals surface area (Å²) in [6.45, 7) is 3.69. The molecular weight excluding hydrogens is 610 g/mol. The molecule has 1 saturated heterocycles. The van der Waals surface area contributed by atoms with E-state index in [1.807, 2.05) is 66.8 Å². The van der Waals surface area contributed by atoms with Crippen LogP contribution in [0.4, 0.5) is 15.9 Å². The van der Waals surface area contributed by atoms with Gasteiger partial charge < -0.3 is 15.5 Å². The minimum atomic E-state index is -0.680. The number of halogens is 2. The topological polar surface area (TPSA) is 91.4 Å². The molecule has 2 atom stereocenters. The first-order valence-electron chi connectivity index (χ1n) is 13.0. The summed E-state index contributed by atoms with van der Waals surface area (Å²) < 4.78 is 14.4. The number of likely N-dealkylation sites (tertiary alicyclic amines) is 1. The molecule has 2 aliphatic heterocycles. The van der Waals surface area contributed by atoms with Crippen molar-refractivity contribution in [2.24, 2.45) is 5.41 Å². The number of carbonyl (C=O) groups is 3. The van der Waals surface area contributed by atoms with E-state index < -0.39 is 10.8 Å². The Hall–Kier alpha value is -3.34. The van der Waals surface area contributed by atoms with Crippen LogP contribution in [0.2, 0.25) is 0 Å². The second-order valence-electron chi connectivity index (χ2n) is 11.4. The predicted octanol–water partition coefficient (Wildman–Crippen LogP) is 5.14. The molecule has 3 aliphatic rings. The fraction of sp³-hybridized carbons (Fsp3) is 0.333. The highest BCUT2D eigenvalue weighted by molar-refractivity contribution is 14.1. The van der Waals surface area contributed by atoms with Crippen molar-refractivity contribution in [2.75, 3.05) is 17.2 Å². The Balaban J connectivity index is 1.21. The molecule has 0 bridgehead atoms. The standard InChI is InChI=1S/C30H28FIN4O3/c1-29(2)10-9-24(17-6-8-22(31)23(32)13-17)36(28(29)39)16-25(37)34-20-7-5-18-14-30(15-19(18)12-20)21-4-3-11-33-26(21)35-27(30)38/h3-8,11-13,24H,9-10,14-16H2,1-2H3,(H,34,37)(H,33,35,38)/t24-,30+/m0/s1. The molecule has 3 heterocycles. The molecule has 0 unspecified atom stereocenters. The predicted molar refractivity (Wildman–Crippen MR) is 154 cm³/mol. The third-order valence-electron chi connectivity index (χ3n) is 8.37. The monoisotopic (exact) mass is 638 g/mol. The normalized spacial score (nSPS) is 23.0. The number of amides is 3. The van der Waals surface area contributed by atoms with Crippen LogP contribution in [-0.2, 0) is 32.6 Å². The molecule has 2 aromatic carbocycles. The fourth-order valence-electron chi connectivity index (χ4n) is 6.24. The van der Waals surface area contributed by atoms with Crippen molar-refractivity contribution in [2.45, 2.75) is 51.0 Å². The van der Waals surface area contributed by atoms with E-state index in [2.05, 4.69) is 15.6 Å². The van der Waals surface area contributed by atoms with Crippen LogP contribution in [0.5, 0.6) is 0 Å². The molecule has 0 radical (unpaired) electrons. The van der Waals surface area contributed by atoms with Gasteiger partial charge in [-0.05, 0) is 95.3 Å². The van der Waals surface area contributed by atoms with Gasteiger partial charge in [-0.1, -0.05) is 32.0 Å². The van der Waals surface area contributed by atoms with E-state index in [1.165, 1.54) is 6.07 Å². The Morgan fingerprint density at radius 3 is 2.74 bits per heavy atom. The average molecular weight is 638 g/mol. The number of hydrogen-bond donors (Lipinski definition) is 2. The maximum atomic E-state index is 13.9. The Morgan fingerprint density at radius 2 is 1.95 bits per heavy atom. The summed E-state index contributed by atoms with van der Waals surface area (Å²) in [5.41, 5.74) is 3.16. The van der Waals surface area contributed by atoms with Gasteiger partial charge in [-0.2, -0.15) is 0 Å². The van der Waals surface area contributed by atoms with Crippen molar-refractivity contribution in [1.29, 1.82) is 0 Å². The molecule has 7 nitrogen and oxygen atoms in total. The van der Waals surface area contributed by atoms with Crippen LogP contribution in [0, 0.1) is 14.8 Å². The van der Waals surface area contributed by atoms with Crippen molar-refractivity contribution < 1.29 is 18.8 Å². The first-order chi connectivity index (χ1) is 18.6. The molecule has 2 N–H and O–H groups in total. The van der Waals surface area contributed by atoms with Gasteiger partial charge in [-0.25, -0.2) is 9.37 Å². The van der Waals surface area contributed by atoms with Crippen molar-refractivity contribution in [3.63, 3.8) is 0 Å². The minimum Gasteiger partial charge on any atom is -0.326 e. The van der Waals surface area contributed by atoms with E-state index in [-0.39, 0.29) is 36.1 Å². The number of hydrogen-bond acceptors (Lipinski definition) is 4. The molecule has 1 spiro atoms. The highest BCUT2D eigenvalue weighted by atomic mass is 127. The summed E-state index contributed by atoms with van der Waals surface area (Å²) in [4.78, 5) is 45.6. The van der Waals surface area contributed by atoms with Gasteiger partial charge in [0.25, 0.3) is 0 Å². The van der Waals surface area contributed by atoms with Gasteiger partial charge in [-0.3, -0.25) is 14.4 Å². The van der Waals surface area contributed by atoms with Crippen LogP contribution >= 0.6 is 22.6 Å². The lowest BCUT2D eigenvalue weighted by atomic mass is 9.78. The first kappa shape index (κ1) is 25.9. The van der Waals surface area contributed by atoms with Gasteiger partial charge in [0.2, 0.25) is 17.7 Å². The number of benzene rings is 2. The van der Waals surface area contributed by atoms with Gasteiger partial charge >= 0.3 is 0 Å². The van der Waals surface area contributed by atoms with Crippen LogP contribution in [0.15, 0.2) is 54.7 Å². The Bertz CT molecular complexity index is 1540. The number of anilines is 2. The lowest BCUT2D eigenvalue weighted by Gasteiger charge is -2.43. The summed E-state index contributed by atoms with van der Waals surface area (Å²) in [5, 5.41) is 5.88.